The van der Waals surface area contributed by atoms with E-state index in [0.29, 0.717) is 36.5 Å². The van der Waals surface area contributed by atoms with Crippen LogP contribution in [0.3, 0.4) is 0 Å². The molecule has 0 spiro atoms. The van der Waals surface area contributed by atoms with Gasteiger partial charge in [-0.1, -0.05) is 0 Å². The van der Waals surface area contributed by atoms with E-state index in [0.717, 1.165) is 25.9 Å². The number of hydrogen-bond donors (Lipinski definition) is 0. The van der Waals surface area contributed by atoms with E-state index in [1.807, 2.05) is 4.90 Å². The van der Waals surface area contributed by atoms with Gasteiger partial charge in [0.15, 0.2) is 17.5 Å². The lowest BCUT2D eigenvalue weighted by Crippen LogP contribution is -2.50. The number of alkyl halides is 3. The zero-order valence-electron chi connectivity index (χ0n) is 15.2. The second kappa shape index (κ2) is 6.45. The largest absolute Gasteiger partial charge is 0.419 e. The number of rotatable bonds is 1. The minimum atomic E-state index is -5.03. The number of pyridine rings is 1. The van der Waals surface area contributed by atoms with Crippen LogP contribution < -0.4 is 4.90 Å². The summed E-state index contributed by atoms with van der Waals surface area (Å²) >= 11 is 0. The fourth-order valence-corrected chi connectivity index (χ4v) is 4.41. The molecule has 0 saturated carbocycles. The second-order valence-electron chi connectivity index (χ2n) is 7.44. The van der Waals surface area contributed by atoms with Gasteiger partial charge in [-0.05, 0) is 25.5 Å². The van der Waals surface area contributed by atoms with Crippen molar-refractivity contribution in [2.75, 3.05) is 31.1 Å². The zero-order chi connectivity index (χ0) is 20.3. The predicted octanol–water partition coefficient (Wildman–Crippen LogP) is 3.76. The van der Waals surface area contributed by atoms with E-state index >= 15 is 0 Å². The molecule has 0 radical (unpaired) electrons. The van der Waals surface area contributed by atoms with Crippen molar-refractivity contribution in [3.05, 3.63) is 35.8 Å². The fourth-order valence-electron chi connectivity index (χ4n) is 4.41. The molecule has 1 atom stereocenters. The van der Waals surface area contributed by atoms with E-state index in [1.165, 1.54) is 12.5 Å². The van der Waals surface area contributed by atoms with Gasteiger partial charge in [-0.15, -0.1) is 0 Å². The van der Waals surface area contributed by atoms with E-state index in [2.05, 4.69) is 19.9 Å². The first-order valence-corrected chi connectivity index (χ1v) is 9.32. The number of fused-ring (bicyclic) bond motifs is 4. The molecule has 3 aromatic rings. The highest BCUT2D eigenvalue weighted by molar-refractivity contribution is 6.08. The van der Waals surface area contributed by atoms with Gasteiger partial charge >= 0.3 is 6.18 Å². The summed E-state index contributed by atoms with van der Waals surface area (Å²) < 4.78 is 68.4. The molecule has 2 saturated heterocycles. The molecule has 1 unspecified atom stereocenters. The zero-order valence-corrected chi connectivity index (χ0v) is 15.2. The average molecular weight is 409 g/mol. The Morgan fingerprint density at radius 1 is 1.00 bits per heavy atom. The number of hydrogen-bond acceptors (Lipinski definition) is 5. The van der Waals surface area contributed by atoms with Crippen LogP contribution in [0.2, 0.25) is 0 Å². The SMILES string of the molecule is Fc1c(C(F)(F)F)cc2c(nc(N3CCN4CCCC4C3)c3ncncc32)c1F. The lowest BCUT2D eigenvalue weighted by atomic mass is 10.0. The summed E-state index contributed by atoms with van der Waals surface area (Å²) in [5.74, 6) is -3.21. The number of benzene rings is 1. The molecule has 0 bridgehead atoms. The number of anilines is 1. The first kappa shape index (κ1) is 18.4. The van der Waals surface area contributed by atoms with Crippen molar-refractivity contribution < 1.29 is 22.0 Å². The summed E-state index contributed by atoms with van der Waals surface area (Å²) in [6.07, 6.45) is -0.297. The van der Waals surface area contributed by atoms with Gasteiger partial charge in [0.05, 0.1) is 5.56 Å². The molecular formula is C19H16F5N5. The maximum absolute atomic E-state index is 14.7. The third-order valence-electron chi connectivity index (χ3n) is 5.81. The first-order valence-electron chi connectivity index (χ1n) is 9.32. The number of piperazine rings is 1. The average Bonchev–Trinajstić information content (AvgIpc) is 3.17. The van der Waals surface area contributed by atoms with Crippen LogP contribution in [0, 0.1) is 11.6 Å². The van der Waals surface area contributed by atoms with Gasteiger partial charge in [0, 0.05) is 42.6 Å². The standard InChI is InChI=1S/C19H16F5N5/c20-14-13(19(22,23)24)6-11-12-7-25-9-26-17(12)18(27-16(11)15(14)21)29-5-4-28-3-1-2-10(28)8-29/h6-7,9-10H,1-5,8H2. The quantitative estimate of drug-likeness (QED) is 0.453. The Kier molecular flexibility index (Phi) is 4.09. The van der Waals surface area contributed by atoms with Crippen molar-refractivity contribution in [1.82, 2.24) is 19.9 Å². The molecule has 29 heavy (non-hydrogen) atoms. The molecule has 2 aromatic heterocycles. The summed E-state index contributed by atoms with van der Waals surface area (Å²) in [6.45, 7) is 3.12. The topological polar surface area (TPSA) is 45.2 Å². The fraction of sp³-hybridized carbons (Fsp3) is 0.421. The number of aromatic nitrogens is 3. The van der Waals surface area contributed by atoms with Crippen LogP contribution in [0.25, 0.3) is 21.8 Å². The van der Waals surface area contributed by atoms with Crippen molar-refractivity contribution in [2.45, 2.75) is 25.1 Å². The molecule has 5 rings (SSSR count). The highest BCUT2D eigenvalue weighted by Gasteiger charge is 2.37. The van der Waals surface area contributed by atoms with Gasteiger partial charge in [-0.3, -0.25) is 4.90 Å². The van der Waals surface area contributed by atoms with E-state index in [1.54, 1.807) is 0 Å². The van der Waals surface area contributed by atoms with Crippen LogP contribution in [0.1, 0.15) is 18.4 Å². The maximum atomic E-state index is 14.7. The molecule has 0 amide bonds. The van der Waals surface area contributed by atoms with Crippen molar-refractivity contribution in [3.63, 3.8) is 0 Å². The molecule has 0 N–H and O–H groups in total. The van der Waals surface area contributed by atoms with E-state index in [-0.39, 0.29) is 10.8 Å². The summed E-state index contributed by atoms with van der Waals surface area (Å²) in [5.41, 5.74) is -1.78. The molecule has 1 aromatic carbocycles. The summed E-state index contributed by atoms with van der Waals surface area (Å²) in [7, 11) is 0. The Balaban J connectivity index is 1.74. The van der Waals surface area contributed by atoms with Gasteiger partial charge in [-0.25, -0.2) is 23.7 Å². The lowest BCUT2D eigenvalue weighted by molar-refractivity contribution is -0.140. The summed E-state index contributed by atoms with van der Waals surface area (Å²) in [5, 5.41) is 0.0563. The van der Waals surface area contributed by atoms with Gasteiger partial charge in [-0.2, -0.15) is 13.2 Å². The molecule has 2 fully saturated rings. The Morgan fingerprint density at radius 2 is 1.83 bits per heavy atom. The minimum Gasteiger partial charge on any atom is -0.352 e. The molecule has 5 nitrogen and oxygen atoms in total. The molecular weight excluding hydrogens is 393 g/mol. The Bertz CT molecular complexity index is 1120. The van der Waals surface area contributed by atoms with Crippen molar-refractivity contribution in [2.24, 2.45) is 0 Å². The van der Waals surface area contributed by atoms with Crippen LogP contribution in [0.15, 0.2) is 18.6 Å². The van der Waals surface area contributed by atoms with Crippen LogP contribution >= 0.6 is 0 Å². The number of nitrogens with zero attached hydrogens (tertiary/aromatic N) is 5. The molecule has 4 heterocycles. The third kappa shape index (κ3) is 2.88. The van der Waals surface area contributed by atoms with Crippen LogP contribution in [-0.2, 0) is 6.18 Å². The Labute approximate surface area is 162 Å². The van der Waals surface area contributed by atoms with Crippen LogP contribution in [-0.4, -0.2) is 52.1 Å². The second-order valence-corrected chi connectivity index (χ2v) is 7.44. The monoisotopic (exact) mass is 409 g/mol. The minimum absolute atomic E-state index is 0.157. The van der Waals surface area contributed by atoms with Gasteiger partial charge in [0.1, 0.15) is 17.4 Å². The molecule has 152 valence electrons. The van der Waals surface area contributed by atoms with Crippen LogP contribution in [0.4, 0.5) is 27.8 Å². The smallest absolute Gasteiger partial charge is 0.352 e. The lowest BCUT2D eigenvalue weighted by Gasteiger charge is -2.38. The molecule has 2 aliphatic heterocycles. The summed E-state index contributed by atoms with van der Waals surface area (Å²) in [4.78, 5) is 16.7. The van der Waals surface area contributed by atoms with Gasteiger partial charge in [0.25, 0.3) is 0 Å². The highest BCUT2D eigenvalue weighted by Crippen LogP contribution is 2.39. The predicted molar refractivity (Wildman–Crippen MR) is 96.6 cm³/mol. The Morgan fingerprint density at radius 3 is 2.62 bits per heavy atom. The Hall–Kier alpha value is -2.62. The molecule has 2 aliphatic rings. The van der Waals surface area contributed by atoms with Crippen molar-refractivity contribution >= 4 is 27.6 Å². The first-order chi connectivity index (χ1) is 13.8. The van der Waals surface area contributed by atoms with E-state index < -0.39 is 28.9 Å². The van der Waals surface area contributed by atoms with Crippen LogP contribution in [0.5, 0.6) is 0 Å². The summed E-state index contributed by atoms with van der Waals surface area (Å²) in [6, 6.07) is 0.929. The van der Waals surface area contributed by atoms with Crippen molar-refractivity contribution in [3.8, 4) is 0 Å². The highest BCUT2D eigenvalue weighted by atomic mass is 19.4. The maximum Gasteiger partial charge on any atom is 0.419 e. The normalized spacial score (nSPS) is 20.6. The van der Waals surface area contributed by atoms with Gasteiger partial charge in [0.2, 0.25) is 0 Å². The molecule has 10 heteroatoms. The van der Waals surface area contributed by atoms with Crippen molar-refractivity contribution in [1.29, 1.82) is 0 Å². The number of halogens is 5. The molecule has 0 aliphatic carbocycles. The van der Waals surface area contributed by atoms with E-state index in [9.17, 15) is 22.0 Å². The van der Waals surface area contributed by atoms with Gasteiger partial charge < -0.3 is 4.90 Å². The van der Waals surface area contributed by atoms with E-state index in [4.69, 9.17) is 0 Å². The third-order valence-corrected chi connectivity index (χ3v) is 5.81.